The molecular weight excluding hydrogens is 480 g/mol. The number of fused-ring (bicyclic) bond motifs is 2. The molecule has 4 heterocycles. The Morgan fingerprint density at radius 2 is 1.97 bits per heavy atom. The van der Waals surface area contributed by atoms with Crippen LogP contribution in [0.2, 0.25) is 0 Å². The fourth-order valence-corrected chi connectivity index (χ4v) is 7.21. The number of carbonyl (C=O) groups is 1. The van der Waals surface area contributed by atoms with Crippen LogP contribution in [0.25, 0.3) is 0 Å². The molecule has 210 valence electrons. The summed E-state index contributed by atoms with van der Waals surface area (Å²) in [6, 6.07) is 0. The van der Waals surface area contributed by atoms with Gasteiger partial charge in [0.25, 0.3) is 0 Å². The molecule has 0 aromatic rings. The molecule has 5 rings (SSSR count). The summed E-state index contributed by atoms with van der Waals surface area (Å²) in [6.45, 7) is 11.1. The predicted molar refractivity (Wildman–Crippen MR) is 146 cm³/mol. The lowest BCUT2D eigenvalue weighted by atomic mass is 9.75. The number of aliphatic hydroxyl groups excluding tert-OH is 1. The topological polar surface area (TPSA) is 74.2 Å². The monoisotopic (exact) mass is 526 g/mol. The molecule has 0 saturated carbocycles. The van der Waals surface area contributed by atoms with E-state index in [-0.39, 0.29) is 30.2 Å². The van der Waals surface area contributed by atoms with Crippen molar-refractivity contribution in [1.29, 1.82) is 0 Å². The highest BCUT2D eigenvalue weighted by atomic mass is 16.7. The first-order valence-corrected chi connectivity index (χ1v) is 14.7. The van der Waals surface area contributed by atoms with Gasteiger partial charge in [-0.05, 0) is 62.5 Å². The SMILES string of the molecule is CC[C@H]1O[C@]2(CC[C@@H]1C)C[C@@H]1CC(C/C=C(\C)C[C@@H](C)/C=C/C=C3\CO[C@H]4C3C(C=C(C)[C@H]4O)C(=O)O1)O2. The summed E-state index contributed by atoms with van der Waals surface area (Å²) in [6.07, 6.45) is 15.0. The first kappa shape index (κ1) is 27.8. The van der Waals surface area contributed by atoms with Crippen molar-refractivity contribution < 1.29 is 28.8 Å². The number of allylic oxidation sites excluding steroid dienone is 4. The van der Waals surface area contributed by atoms with Gasteiger partial charge in [0.05, 0.1) is 30.8 Å². The van der Waals surface area contributed by atoms with Crippen molar-refractivity contribution in [3.05, 3.63) is 47.1 Å². The highest BCUT2D eigenvalue weighted by Crippen LogP contribution is 2.45. The van der Waals surface area contributed by atoms with Gasteiger partial charge in [0.15, 0.2) is 5.79 Å². The Kier molecular flexibility index (Phi) is 8.35. The van der Waals surface area contributed by atoms with E-state index >= 15 is 0 Å². The van der Waals surface area contributed by atoms with Crippen LogP contribution in [0, 0.1) is 23.7 Å². The Morgan fingerprint density at radius 3 is 2.76 bits per heavy atom. The zero-order chi connectivity index (χ0) is 27.0. The van der Waals surface area contributed by atoms with E-state index in [1.54, 1.807) is 0 Å². The Hall–Kier alpha value is -1.73. The van der Waals surface area contributed by atoms with E-state index in [1.807, 2.05) is 13.0 Å². The summed E-state index contributed by atoms with van der Waals surface area (Å²) < 4.78 is 25.7. The van der Waals surface area contributed by atoms with Gasteiger partial charge in [-0.1, -0.05) is 56.7 Å². The molecule has 4 aliphatic heterocycles. The average Bonchev–Trinajstić information content (AvgIpc) is 3.30. The largest absolute Gasteiger partial charge is 0.462 e. The molecule has 38 heavy (non-hydrogen) atoms. The van der Waals surface area contributed by atoms with E-state index in [9.17, 15) is 9.90 Å². The van der Waals surface area contributed by atoms with Crippen LogP contribution >= 0.6 is 0 Å². The minimum Gasteiger partial charge on any atom is -0.462 e. The standard InChI is InChI=1S/C32H46O6/c1-6-27-21(4)12-13-32(38-27)17-25-16-24(37-32)11-10-20(3)14-19(2)8-7-9-23-18-35-30-28(23)26(31(34)36-25)15-22(5)29(30)33/h7-10,15,19,21,24-30,33H,6,11-14,16-18H2,1-5H3/b8-7+,20-10+,23-9+/t19-,21-,24?,25-,26?,27+,28?,29+,30-,32+/m0/s1. The van der Waals surface area contributed by atoms with Crippen LogP contribution in [-0.4, -0.2) is 54.0 Å². The number of hydrogen-bond acceptors (Lipinski definition) is 6. The highest BCUT2D eigenvalue weighted by molar-refractivity contribution is 5.76. The summed E-state index contributed by atoms with van der Waals surface area (Å²) in [5.74, 6) is -0.778. The fraction of sp³-hybridized carbons (Fsp3) is 0.719. The summed E-state index contributed by atoms with van der Waals surface area (Å²) in [4.78, 5) is 13.8. The zero-order valence-corrected chi connectivity index (χ0v) is 23.7. The average molecular weight is 527 g/mol. The van der Waals surface area contributed by atoms with Crippen LogP contribution < -0.4 is 0 Å². The van der Waals surface area contributed by atoms with Crippen LogP contribution in [0.3, 0.4) is 0 Å². The van der Waals surface area contributed by atoms with Crippen molar-refractivity contribution in [2.24, 2.45) is 23.7 Å². The van der Waals surface area contributed by atoms with E-state index in [1.165, 1.54) is 5.57 Å². The van der Waals surface area contributed by atoms with Crippen molar-refractivity contribution in [2.75, 3.05) is 6.61 Å². The molecule has 1 spiro atoms. The summed E-state index contributed by atoms with van der Waals surface area (Å²) in [5.41, 5.74) is 3.15. The predicted octanol–water partition coefficient (Wildman–Crippen LogP) is 5.81. The molecule has 3 unspecified atom stereocenters. The Balaban J connectivity index is 1.48. The second-order valence-corrected chi connectivity index (χ2v) is 12.5. The van der Waals surface area contributed by atoms with Crippen LogP contribution in [0.4, 0.5) is 0 Å². The van der Waals surface area contributed by atoms with Gasteiger partial charge in [-0.3, -0.25) is 4.79 Å². The normalized spacial score (nSPS) is 47.7. The van der Waals surface area contributed by atoms with Gasteiger partial charge in [-0.2, -0.15) is 0 Å². The molecule has 3 saturated heterocycles. The van der Waals surface area contributed by atoms with Crippen molar-refractivity contribution in [2.45, 2.75) is 116 Å². The van der Waals surface area contributed by atoms with E-state index in [2.05, 4.69) is 52.0 Å². The van der Waals surface area contributed by atoms with E-state index < -0.39 is 23.9 Å². The van der Waals surface area contributed by atoms with Gasteiger partial charge in [0, 0.05) is 25.2 Å². The van der Waals surface area contributed by atoms with Crippen molar-refractivity contribution >= 4 is 5.97 Å². The molecule has 2 bridgehead atoms. The van der Waals surface area contributed by atoms with Crippen LogP contribution in [-0.2, 0) is 23.7 Å². The molecular formula is C32H46O6. The molecule has 0 aromatic heterocycles. The third kappa shape index (κ3) is 5.74. The smallest absolute Gasteiger partial charge is 0.313 e. The van der Waals surface area contributed by atoms with Crippen molar-refractivity contribution in [3.8, 4) is 0 Å². The van der Waals surface area contributed by atoms with E-state index in [0.717, 1.165) is 43.3 Å². The van der Waals surface area contributed by atoms with Gasteiger partial charge in [0.2, 0.25) is 0 Å². The molecule has 0 amide bonds. The maximum absolute atomic E-state index is 13.8. The first-order chi connectivity index (χ1) is 18.2. The Morgan fingerprint density at radius 1 is 1.16 bits per heavy atom. The number of esters is 1. The minimum atomic E-state index is -0.712. The number of rotatable bonds is 1. The second kappa shape index (κ2) is 11.4. The molecule has 6 nitrogen and oxygen atoms in total. The van der Waals surface area contributed by atoms with Gasteiger partial charge in [0.1, 0.15) is 12.2 Å². The molecule has 6 heteroatoms. The third-order valence-corrected chi connectivity index (χ3v) is 9.34. The molecule has 0 aromatic carbocycles. The zero-order valence-electron chi connectivity index (χ0n) is 23.7. The number of ether oxygens (including phenoxy) is 4. The number of aliphatic hydroxyl groups is 1. The lowest BCUT2D eigenvalue weighted by molar-refractivity contribution is -0.335. The molecule has 10 atom stereocenters. The number of hydrogen-bond donors (Lipinski definition) is 1. The molecule has 1 N–H and O–H groups in total. The Bertz CT molecular complexity index is 1010. The second-order valence-electron chi connectivity index (χ2n) is 12.5. The minimum absolute atomic E-state index is 0.0651. The van der Waals surface area contributed by atoms with Crippen LogP contribution in [0.5, 0.6) is 0 Å². The van der Waals surface area contributed by atoms with Crippen molar-refractivity contribution in [3.63, 3.8) is 0 Å². The van der Waals surface area contributed by atoms with E-state index in [4.69, 9.17) is 18.9 Å². The molecule has 0 radical (unpaired) electrons. The van der Waals surface area contributed by atoms with Gasteiger partial charge in [-0.15, -0.1) is 0 Å². The van der Waals surface area contributed by atoms with Gasteiger partial charge in [-0.25, -0.2) is 0 Å². The lowest BCUT2D eigenvalue weighted by Gasteiger charge is -2.49. The first-order valence-electron chi connectivity index (χ1n) is 14.7. The molecule has 5 aliphatic rings. The lowest BCUT2D eigenvalue weighted by Crippen LogP contribution is -2.54. The van der Waals surface area contributed by atoms with Gasteiger partial charge < -0.3 is 24.1 Å². The fourth-order valence-electron chi connectivity index (χ4n) is 7.21. The quantitative estimate of drug-likeness (QED) is 0.343. The third-order valence-electron chi connectivity index (χ3n) is 9.34. The van der Waals surface area contributed by atoms with Crippen molar-refractivity contribution in [1.82, 2.24) is 0 Å². The summed E-state index contributed by atoms with van der Waals surface area (Å²) in [5, 5.41) is 10.8. The maximum atomic E-state index is 13.8. The number of carbonyl (C=O) groups excluding carboxylic acids is 1. The van der Waals surface area contributed by atoms with Gasteiger partial charge >= 0.3 is 5.97 Å². The Labute approximate surface area is 228 Å². The maximum Gasteiger partial charge on any atom is 0.313 e. The summed E-state index contributed by atoms with van der Waals surface area (Å²) >= 11 is 0. The summed E-state index contributed by atoms with van der Waals surface area (Å²) in [7, 11) is 0. The molecule has 1 aliphatic carbocycles. The van der Waals surface area contributed by atoms with Crippen LogP contribution in [0.15, 0.2) is 47.1 Å². The molecule has 3 fully saturated rings. The van der Waals surface area contributed by atoms with E-state index in [0.29, 0.717) is 31.3 Å². The highest BCUT2D eigenvalue weighted by Gasteiger charge is 2.51. The van der Waals surface area contributed by atoms with Crippen LogP contribution in [0.1, 0.15) is 79.6 Å².